The third-order valence-corrected chi connectivity index (χ3v) is 5.85. The van der Waals surface area contributed by atoms with Crippen molar-refractivity contribution in [3.63, 3.8) is 0 Å². The minimum atomic E-state index is -0.111. The molecule has 146 valence electrons. The molecule has 6 heteroatoms. The molecule has 30 heavy (non-hydrogen) atoms. The lowest BCUT2D eigenvalue weighted by molar-refractivity contribution is -0.116. The van der Waals surface area contributed by atoms with Crippen LogP contribution in [-0.2, 0) is 11.3 Å². The summed E-state index contributed by atoms with van der Waals surface area (Å²) in [6.07, 6.45) is 8.04. The number of nitrogens with zero attached hydrogens (tertiary/aromatic N) is 4. The summed E-state index contributed by atoms with van der Waals surface area (Å²) in [7, 11) is 0. The number of benzene rings is 2. The monoisotopic (exact) mass is 393 g/mol. The minimum Gasteiger partial charge on any atom is -0.343 e. The second kappa shape index (κ2) is 6.56. The predicted molar refractivity (Wildman–Crippen MR) is 116 cm³/mol. The maximum atomic E-state index is 12.7. The summed E-state index contributed by atoms with van der Waals surface area (Å²) in [6, 6.07) is 18.4. The van der Waals surface area contributed by atoms with E-state index in [0.717, 1.165) is 39.9 Å². The molecule has 4 heterocycles. The molecule has 0 radical (unpaired) electrons. The molecule has 1 amide bonds. The average Bonchev–Trinajstić information content (AvgIpc) is 3.32. The average molecular weight is 393 g/mol. The van der Waals surface area contributed by atoms with Gasteiger partial charge in [0.2, 0.25) is 5.91 Å². The Bertz CT molecular complexity index is 1400. The summed E-state index contributed by atoms with van der Waals surface area (Å²) >= 11 is 0. The first kappa shape index (κ1) is 17.0. The summed E-state index contributed by atoms with van der Waals surface area (Å²) in [5.41, 5.74) is 6.12. The maximum Gasteiger partial charge on any atom is 0.225 e. The van der Waals surface area contributed by atoms with Crippen molar-refractivity contribution in [3.8, 4) is 0 Å². The fraction of sp³-hybridized carbons (Fsp3) is 0.125. The summed E-state index contributed by atoms with van der Waals surface area (Å²) < 4.78 is 4.04. The van der Waals surface area contributed by atoms with Gasteiger partial charge in [0.05, 0.1) is 17.4 Å². The van der Waals surface area contributed by atoms with Gasteiger partial charge in [-0.15, -0.1) is 0 Å². The van der Waals surface area contributed by atoms with Crippen LogP contribution in [0.4, 0.5) is 5.69 Å². The van der Waals surface area contributed by atoms with Crippen molar-refractivity contribution in [1.29, 1.82) is 0 Å². The number of carbonyl (C=O) groups is 1. The van der Waals surface area contributed by atoms with E-state index in [-0.39, 0.29) is 11.8 Å². The molecule has 0 saturated heterocycles. The van der Waals surface area contributed by atoms with E-state index >= 15 is 0 Å². The Labute approximate surface area is 172 Å². The molecule has 0 bridgehead atoms. The molecule has 6 rings (SSSR count). The molecule has 1 atom stereocenters. The highest BCUT2D eigenvalue weighted by molar-refractivity contribution is 6.06. The molecular weight excluding hydrogens is 374 g/mol. The standard InChI is InChI=1S/C24H19N5O/c30-22-12-17(18-13-26-29-11-5-10-25-24(18)29)19-15-28(14-16-6-2-1-3-7-16)21-9-4-8-20(27-22)23(19)21/h1-11,13,15,17H,12,14H2,(H,27,30). The Hall–Kier alpha value is -3.93. The van der Waals surface area contributed by atoms with Crippen LogP contribution in [0.1, 0.15) is 29.0 Å². The molecule has 1 N–H and O–H groups in total. The van der Waals surface area contributed by atoms with Crippen LogP contribution in [0.5, 0.6) is 0 Å². The van der Waals surface area contributed by atoms with E-state index in [1.807, 2.05) is 36.7 Å². The van der Waals surface area contributed by atoms with Gasteiger partial charge in [0.25, 0.3) is 0 Å². The van der Waals surface area contributed by atoms with E-state index in [1.54, 1.807) is 10.7 Å². The number of aromatic nitrogens is 4. The van der Waals surface area contributed by atoms with Crippen LogP contribution in [0.2, 0.25) is 0 Å². The van der Waals surface area contributed by atoms with Crippen molar-refractivity contribution in [2.24, 2.45) is 0 Å². The Morgan fingerprint density at radius 1 is 1.03 bits per heavy atom. The number of amides is 1. The quantitative estimate of drug-likeness (QED) is 0.499. The molecule has 2 aromatic carbocycles. The summed E-state index contributed by atoms with van der Waals surface area (Å²) in [5, 5.41) is 8.66. The van der Waals surface area contributed by atoms with Gasteiger partial charge in [-0.2, -0.15) is 5.10 Å². The molecule has 5 aromatic rings. The molecule has 6 nitrogen and oxygen atoms in total. The highest BCUT2D eigenvalue weighted by Crippen LogP contribution is 2.41. The van der Waals surface area contributed by atoms with Crippen LogP contribution < -0.4 is 5.32 Å². The molecule has 3 aromatic heterocycles. The number of carbonyl (C=O) groups excluding carboxylic acids is 1. The third-order valence-electron chi connectivity index (χ3n) is 5.85. The molecule has 0 saturated carbocycles. The highest BCUT2D eigenvalue weighted by atomic mass is 16.1. The zero-order valence-corrected chi connectivity index (χ0v) is 16.2. The van der Waals surface area contributed by atoms with Crippen LogP contribution in [0.3, 0.4) is 0 Å². The number of hydrogen-bond acceptors (Lipinski definition) is 3. The highest BCUT2D eigenvalue weighted by Gasteiger charge is 2.30. The summed E-state index contributed by atoms with van der Waals surface area (Å²) in [5.74, 6) is -0.103. The first-order chi connectivity index (χ1) is 14.8. The van der Waals surface area contributed by atoms with Crippen LogP contribution in [0.25, 0.3) is 16.6 Å². The van der Waals surface area contributed by atoms with Gasteiger partial charge < -0.3 is 9.88 Å². The fourth-order valence-electron chi connectivity index (χ4n) is 4.53. The van der Waals surface area contributed by atoms with Gasteiger partial charge in [0.15, 0.2) is 5.65 Å². The van der Waals surface area contributed by atoms with Gasteiger partial charge in [0.1, 0.15) is 0 Å². The normalized spacial score (nSPS) is 16.0. The Morgan fingerprint density at radius 2 is 1.93 bits per heavy atom. The largest absolute Gasteiger partial charge is 0.343 e. The lowest BCUT2D eigenvalue weighted by atomic mass is 9.90. The SMILES string of the molecule is O=C1CC(c2cnn3cccnc23)c2cn(Cc3ccccc3)c3cccc(c23)N1. The number of fused-ring (bicyclic) bond motifs is 1. The zero-order chi connectivity index (χ0) is 20.1. The van der Waals surface area contributed by atoms with Gasteiger partial charge in [-0.25, -0.2) is 9.50 Å². The van der Waals surface area contributed by atoms with Crippen LogP contribution >= 0.6 is 0 Å². The van der Waals surface area contributed by atoms with Gasteiger partial charge in [-0.1, -0.05) is 36.4 Å². The lowest BCUT2D eigenvalue weighted by Crippen LogP contribution is -2.14. The third kappa shape index (κ3) is 2.61. The van der Waals surface area contributed by atoms with Crippen molar-refractivity contribution >= 4 is 28.1 Å². The van der Waals surface area contributed by atoms with E-state index in [2.05, 4.69) is 56.5 Å². The van der Waals surface area contributed by atoms with E-state index in [1.165, 1.54) is 5.56 Å². The van der Waals surface area contributed by atoms with Crippen LogP contribution in [-0.4, -0.2) is 25.1 Å². The number of nitrogens with one attached hydrogen (secondary N) is 1. The second-order valence-electron chi connectivity index (χ2n) is 7.69. The van der Waals surface area contributed by atoms with Gasteiger partial charge in [-0.3, -0.25) is 4.79 Å². The van der Waals surface area contributed by atoms with Crippen LogP contribution in [0, 0.1) is 0 Å². The van der Waals surface area contributed by atoms with E-state index in [9.17, 15) is 4.79 Å². The van der Waals surface area contributed by atoms with Crippen molar-refractivity contribution in [2.75, 3.05) is 5.32 Å². The Morgan fingerprint density at radius 3 is 2.83 bits per heavy atom. The number of hydrogen-bond donors (Lipinski definition) is 1. The number of rotatable bonds is 3. The molecule has 0 fully saturated rings. The lowest BCUT2D eigenvalue weighted by Gasteiger charge is -2.12. The summed E-state index contributed by atoms with van der Waals surface area (Å²) in [4.78, 5) is 17.3. The van der Waals surface area contributed by atoms with E-state index in [0.29, 0.717) is 6.42 Å². The Kier molecular flexibility index (Phi) is 3.71. The number of anilines is 1. The zero-order valence-electron chi connectivity index (χ0n) is 16.2. The van der Waals surface area contributed by atoms with Gasteiger partial charge in [-0.05, 0) is 29.3 Å². The molecule has 0 spiro atoms. The van der Waals surface area contributed by atoms with Gasteiger partial charge >= 0.3 is 0 Å². The smallest absolute Gasteiger partial charge is 0.225 e. The first-order valence-corrected chi connectivity index (χ1v) is 10.0. The van der Waals surface area contributed by atoms with Gasteiger partial charge in [0, 0.05) is 48.4 Å². The topological polar surface area (TPSA) is 64.2 Å². The van der Waals surface area contributed by atoms with Crippen molar-refractivity contribution < 1.29 is 4.79 Å². The first-order valence-electron chi connectivity index (χ1n) is 10.0. The molecule has 0 aliphatic carbocycles. The maximum absolute atomic E-state index is 12.7. The van der Waals surface area contributed by atoms with Crippen LogP contribution in [0.15, 0.2) is 79.4 Å². The van der Waals surface area contributed by atoms with Crippen molar-refractivity contribution in [2.45, 2.75) is 18.9 Å². The van der Waals surface area contributed by atoms with Crippen molar-refractivity contribution in [3.05, 3.63) is 96.1 Å². The molecule has 1 aliphatic heterocycles. The predicted octanol–water partition coefficient (Wildman–Crippen LogP) is 4.21. The van der Waals surface area contributed by atoms with E-state index < -0.39 is 0 Å². The Balaban J connectivity index is 1.58. The van der Waals surface area contributed by atoms with Crippen molar-refractivity contribution in [1.82, 2.24) is 19.2 Å². The minimum absolute atomic E-state index is 0.00795. The molecule has 1 unspecified atom stereocenters. The molecule has 1 aliphatic rings. The molecular formula is C24H19N5O. The fourth-order valence-corrected chi connectivity index (χ4v) is 4.53. The second-order valence-corrected chi connectivity index (χ2v) is 7.69. The summed E-state index contributed by atoms with van der Waals surface area (Å²) in [6.45, 7) is 0.772. The van der Waals surface area contributed by atoms with E-state index in [4.69, 9.17) is 0 Å².